The molecule has 0 aliphatic carbocycles. The van der Waals surface area contributed by atoms with E-state index in [4.69, 9.17) is 4.74 Å². The number of thiophene rings is 1. The molecule has 1 aromatic carbocycles. The van der Waals surface area contributed by atoms with Gasteiger partial charge in [-0.1, -0.05) is 30.3 Å². The molecule has 2 amide bonds. The van der Waals surface area contributed by atoms with Crippen LogP contribution in [0, 0.1) is 0 Å². The highest BCUT2D eigenvalue weighted by molar-refractivity contribution is 7.99. The summed E-state index contributed by atoms with van der Waals surface area (Å²) in [5.41, 5.74) is 0.644. The molecule has 4 rings (SSSR count). The van der Waals surface area contributed by atoms with Gasteiger partial charge in [0.15, 0.2) is 0 Å². The van der Waals surface area contributed by atoms with Crippen LogP contribution in [0.15, 0.2) is 47.8 Å². The molecule has 1 aliphatic heterocycles. The number of carbonyl (C=O) groups excluding carboxylic acids is 2. The quantitative estimate of drug-likeness (QED) is 0.351. The average molecular weight is 499 g/mol. The summed E-state index contributed by atoms with van der Waals surface area (Å²) in [6.45, 7) is 7.88. The zero-order valence-electron chi connectivity index (χ0n) is 19.8. The number of carbonyl (C=O) groups is 2. The van der Waals surface area contributed by atoms with Gasteiger partial charge < -0.3 is 14.5 Å². The van der Waals surface area contributed by atoms with E-state index >= 15 is 0 Å². The van der Waals surface area contributed by atoms with Crippen LogP contribution in [0.4, 0.5) is 4.79 Å². The van der Waals surface area contributed by atoms with Gasteiger partial charge in [-0.2, -0.15) is 0 Å². The second-order valence-corrected chi connectivity index (χ2v) is 11.3. The van der Waals surface area contributed by atoms with Gasteiger partial charge in [0.2, 0.25) is 5.91 Å². The minimum Gasteiger partial charge on any atom is -0.444 e. The van der Waals surface area contributed by atoms with Crippen LogP contribution in [0.2, 0.25) is 0 Å². The molecule has 0 radical (unpaired) electrons. The second-order valence-electron chi connectivity index (χ2n) is 9.17. The van der Waals surface area contributed by atoms with Crippen molar-refractivity contribution >= 4 is 45.3 Å². The maximum Gasteiger partial charge on any atom is 0.410 e. The van der Waals surface area contributed by atoms with Gasteiger partial charge in [0.25, 0.3) is 0 Å². The van der Waals surface area contributed by atoms with Crippen molar-refractivity contribution in [2.24, 2.45) is 0 Å². The molecule has 0 atom stereocenters. The first-order valence-corrected chi connectivity index (χ1v) is 13.3. The summed E-state index contributed by atoms with van der Waals surface area (Å²) in [6.07, 6.45) is 2.47. The Balaban J connectivity index is 1.32. The number of hydrogen-bond acceptors (Lipinski definition) is 7. The molecule has 1 aliphatic rings. The number of rotatable bonds is 5. The highest BCUT2D eigenvalue weighted by Gasteiger charge is 2.26. The molecule has 34 heavy (non-hydrogen) atoms. The smallest absolute Gasteiger partial charge is 0.410 e. The first-order chi connectivity index (χ1) is 16.3. The van der Waals surface area contributed by atoms with Crippen LogP contribution in [0.3, 0.4) is 0 Å². The van der Waals surface area contributed by atoms with Crippen LogP contribution in [-0.2, 0) is 9.53 Å². The lowest BCUT2D eigenvalue weighted by Crippen LogP contribution is -2.40. The summed E-state index contributed by atoms with van der Waals surface area (Å²) in [5.74, 6) is 0.757. The third-order valence-corrected chi connectivity index (χ3v) is 7.51. The standard InChI is InChI=1S/C25H30N4O3S2/c1-25(2,3)32-24(31)29-12-7-11-28(13-14-29)21(30)10-15-33-22-19-16-20(18-8-5-4-6-9-18)34-23(19)27-17-26-22/h4-6,8-9,16-17H,7,10-15H2,1-3H3. The van der Waals surface area contributed by atoms with Crippen LogP contribution in [-0.4, -0.2) is 69.3 Å². The molecular weight excluding hydrogens is 468 g/mol. The Bertz CT molecular complexity index is 1140. The van der Waals surface area contributed by atoms with E-state index in [1.165, 1.54) is 5.56 Å². The van der Waals surface area contributed by atoms with E-state index in [0.717, 1.165) is 26.5 Å². The monoisotopic (exact) mass is 498 g/mol. The normalized spacial score (nSPS) is 14.8. The molecule has 0 spiro atoms. The van der Waals surface area contributed by atoms with Gasteiger partial charge in [-0.3, -0.25) is 4.79 Å². The number of thioether (sulfide) groups is 1. The topological polar surface area (TPSA) is 75.6 Å². The zero-order chi connectivity index (χ0) is 24.1. The SMILES string of the molecule is CC(C)(C)OC(=O)N1CCCN(C(=O)CCSc2ncnc3sc(-c4ccccc4)cc23)CC1. The van der Waals surface area contributed by atoms with Crippen LogP contribution < -0.4 is 0 Å². The van der Waals surface area contributed by atoms with Gasteiger partial charge in [-0.15, -0.1) is 23.1 Å². The molecule has 180 valence electrons. The van der Waals surface area contributed by atoms with Crippen molar-refractivity contribution in [1.29, 1.82) is 0 Å². The third-order valence-electron chi connectivity index (χ3n) is 5.41. The fourth-order valence-corrected chi connectivity index (χ4v) is 5.73. The number of amides is 2. The van der Waals surface area contributed by atoms with Crippen LogP contribution in [0.1, 0.15) is 33.6 Å². The second kappa shape index (κ2) is 10.7. The number of aromatic nitrogens is 2. The van der Waals surface area contributed by atoms with E-state index in [2.05, 4.69) is 28.2 Å². The highest BCUT2D eigenvalue weighted by atomic mass is 32.2. The lowest BCUT2D eigenvalue weighted by atomic mass is 10.2. The van der Waals surface area contributed by atoms with Gasteiger partial charge >= 0.3 is 6.09 Å². The lowest BCUT2D eigenvalue weighted by Gasteiger charge is -2.26. The molecule has 0 unspecified atom stereocenters. The Morgan fingerprint density at radius 3 is 2.56 bits per heavy atom. The fourth-order valence-electron chi connectivity index (χ4n) is 3.76. The Morgan fingerprint density at radius 1 is 1.06 bits per heavy atom. The lowest BCUT2D eigenvalue weighted by molar-refractivity contribution is -0.130. The molecular formula is C25H30N4O3S2. The summed E-state index contributed by atoms with van der Waals surface area (Å²) in [5, 5.41) is 1.94. The van der Waals surface area contributed by atoms with E-state index in [9.17, 15) is 9.59 Å². The highest BCUT2D eigenvalue weighted by Crippen LogP contribution is 2.36. The molecule has 2 aromatic heterocycles. The van der Waals surface area contributed by atoms with E-state index < -0.39 is 5.60 Å². The molecule has 3 aromatic rings. The van der Waals surface area contributed by atoms with Gasteiger partial charge in [0, 0.05) is 48.6 Å². The maximum absolute atomic E-state index is 12.8. The van der Waals surface area contributed by atoms with Gasteiger partial charge in [0.05, 0.1) is 0 Å². The van der Waals surface area contributed by atoms with Crippen molar-refractivity contribution in [1.82, 2.24) is 19.8 Å². The largest absolute Gasteiger partial charge is 0.444 e. The summed E-state index contributed by atoms with van der Waals surface area (Å²) in [4.78, 5) is 39.8. The summed E-state index contributed by atoms with van der Waals surface area (Å²) in [7, 11) is 0. The van der Waals surface area contributed by atoms with E-state index in [1.807, 2.05) is 43.9 Å². The Labute approximate surface area is 208 Å². The van der Waals surface area contributed by atoms with Crippen molar-refractivity contribution in [2.75, 3.05) is 31.9 Å². The summed E-state index contributed by atoms with van der Waals surface area (Å²) >= 11 is 3.24. The van der Waals surface area contributed by atoms with E-state index in [-0.39, 0.29) is 12.0 Å². The van der Waals surface area contributed by atoms with Crippen LogP contribution >= 0.6 is 23.1 Å². The predicted molar refractivity (Wildman–Crippen MR) is 137 cm³/mol. The number of nitrogens with zero attached hydrogens (tertiary/aromatic N) is 4. The molecule has 1 fully saturated rings. The zero-order valence-corrected chi connectivity index (χ0v) is 21.5. The van der Waals surface area contributed by atoms with Crippen molar-refractivity contribution in [2.45, 2.75) is 44.2 Å². The van der Waals surface area contributed by atoms with Crippen LogP contribution in [0.25, 0.3) is 20.7 Å². The number of ether oxygens (including phenoxy) is 1. The van der Waals surface area contributed by atoms with E-state index in [1.54, 1.807) is 34.3 Å². The Morgan fingerprint density at radius 2 is 1.79 bits per heavy atom. The molecule has 0 N–H and O–H groups in total. The molecule has 3 heterocycles. The number of hydrogen-bond donors (Lipinski definition) is 0. The average Bonchev–Trinajstić information content (AvgIpc) is 3.09. The first-order valence-electron chi connectivity index (χ1n) is 11.5. The van der Waals surface area contributed by atoms with Crippen LogP contribution in [0.5, 0.6) is 0 Å². The molecule has 0 bridgehead atoms. The van der Waals surface area contributed by atoms with Crippen molar-refractivity contribution in [3.05, 3.63) is 42.7 Å². The van der Waals surface area contributed by atoms with E-state index in [0.29, 0.717) is 38.4 Å². The first kappa shape index (κ1) is 24.5. The maximum atomic E-state index is 12.8. The Kier molecular flexibility index (Phi) is 7.73. The molecule has 9 heteroatoms. The molecule has 1 saturated heterocycles. The Hall–Kier alpha value is -2.65. The molecule has 0 saturated carbocycles. The number of benzene rings is 1. The fraction of sp³-hybridized carbons (Fsp3) is 0.440. The predicted octanol–water partition coefficient (Wildman–Crippen LogP) is 5.31. The van der Waals surface area contributed by atoms with Gasteiger partial charge in [-0.25, -0.2) is 14.8 Å². The molecule has 7 nitrogen and oxygen atoms in total. The van der Waals surface area contributed by atoms with Gasteiger partial charge in [0.1, 0.15) is 21.8 Å². The van der Waals surface area contributed by atoms with Gasteiger partial charge in [-0.05, 0) is 38.8 Å². The van der Waals surface area contributed by atoms with Crippen molar-refractivity contribution < 1.29 is 14.3 Å². The van der Waals surface area contributed by atoms with Crippen molar-refractivity contribution in [3.63, 3.8) is 0 Å². The number of fused-ring (bicyclic) bond motifs is 1. The minimum absolute atomic E-state index is 0.110. The summed E-state index contributed by atoms with van der Waals surface area (Å²) < 4.78 is 5.48. The van der Waals surface area contributed by atoms with Crippen molar-refractivity contribution in [3.8, 4) is 10.4 Å². The summed E-state index contributed by atoms with van der Waals surface area (Å²) in [6, 6.07) is 12.4. The minimum atomic E-state index is -0.521. The third kappa shape index (κ3) is 6.27.